The van der Waals surface area contributed by atoms with Crippen LogP contribution in [0.25, 0.3) is 0 Å². The van der Waals surface area contributed by atoms with Crippen LogP contribution in [0.3, 0.4) is 0 Å². The minimum absolute atomic E-state index is 0.214. The molecule has 1 aliphatic heterocycles. The summed E-state index contributed by atoms with van der Waals surface area (Å²) in [6, 6.07) is 8.90. The van der Waals surface area contributed by atoms with Gasteiger partial charge in [0.1, 0.15) is 5.92 Å². The lowest BCUT2D eigenvalue weighted by atomic mass is 9.74. The second-order valence-electron chi connectivity index (χ2n) is 5.25. The third-order valence-corrected chi connectivity index (χ3v) is 3.83. The molecule has 0 aliphatic carbocycles. The van der Waals surface area contributed by atoms with E-state index >= 15 is 0 Å². The number of esters is 1. The van der Waals surface area contributed by atoms with Crippen LogP contribution in [0.4, 0.5) is 0 Å². The van der Waals surface area contributed by atoms with Crippen LogP contribution in [0.2, 0.25) is 0 Å². The van der Waals surface area contributed by atoms with Crippen molar-refractivity contribution in [2.75, 3.05) is 13.2 Å². The molecule has 4 heteroatoms. The molecule has 0 radical (unpaired) electrons. The van der Waals surface area contributed by atoms with Gasteiger partial charge in [0, 0.05) is 11.0 Å². The van der Waals surface area contributed by atoms with Gasteiger partial charge >= 0.3 is 5.97 Å². The molecule has 2 unspecified atom stereocenters. The Kier molecular flexibility index (Phi) is 3.97. The number of benzene rings is 1. The third kappa shape index (κ3) is 2.25. The Bertz CT molecular complexity index is 498. The Morgan fingerprint density at radius 3 is 2.75 bits per heavy atom. The molecule has 0 spiro atoms. The summed E-state index contributed by atoms with van der Waals surface area (Å²) in [5, 5.41) is 10.9. The summed E-state index contributed by atoms with van der Waals surface area (Å²) in [5.74, 6) is -3.00. The first-order chi connectivity index (χ1) is 9.48. The summed E-state index contributed by atoms with van der Waals surface area (Å²) in [6.45, 7) is 7.81. The van der Waals surface area contributed by atoms with E-state index in [1.165, 1.54) is 0 Å². The number of rotatable bonds is 4. The van der Waals surface area contributed by atoms with Crippen LogP contribution in [0.15, 0.2) is 43.0 Å². The minimum atomic E-state index is -1.68. The average Bonchev–Trinajstić information content (AvgIpc) is 2.74. The predicted molar refractivity (Wildman–Crippen MR) is 74.7 cm³/mol. The summed E-state index contributed by atoms with van der Waals surface area (Å²) < 4.78 is 10.7. The van der Waals surface area contributed by atoms with Gasteiger partial charge in [-0.1, -0.05) is 43.3 Å². The van der Waals surface area contributed by atoms with Gasteiger partial charge in [0.2, 0.25) is 5.79 Å². The Labute approximate surface area is 119 Å². The van der Waals surface area contributed by atoms with Crippen molar-refractivity contribution in [3.63, 3.8) is 0 Å². The van der Waals surface area contributed by atoms with Gasteiger partial charge in [-0.2, -0.15) is 0 Å². The fraction of sp³-hybridized carbons (Fsp3) is 0.438. The lowest BCUT2D eigenvalue weighted by Gasteiger charge is -2.32. The van der Waals surface area contributed by atoms with Crippen molar-refractivity contribution >= 4 is 5.97 Å². The number of hydrogen-bond acceptors (Lipinski definition) is 4. The van der Waals surface area contributed by atoms with E-state index in [2.05, 4.69) is 6.58 Å². The Morgan fingerprint density at radius 1 is 1.55 bits per heavy atom. The highest BCUT2D eigenvalue weighted by Gasteiger charge is 2.59. The van der Waals surface area contributed by atoms with Crippen molar-refractivity contribution in [1.82, 2.24) is 0 Å². The zero-order valence-electron chi connectivity index (χ0n) is 11.8. The topological polar surface area (TPSA) is 55.8 Å². The van der Waals surface area contributed by atoms with Crippen molar-refractivity contribution in [2.24, 2.45) is 11.3 Å². The molecule has 0 aromatic heterocycles. The SMILES string of the molecule is C=C[C@]1(C)COC(O)(c2ccccc2)C1C(=O)OCC. The molecule has 1 saturated heterocycles. The zero-order valence-corrected chi connectivity index (χ0v) is 11.8. The molecule has 108 valence electrons. The molecule has 1 N–H and O–H groups in total. The fourth-order valence-corrected chi connectivity index (χ4v) is 2.64. The number of aliphatic hydroxyl groups is 1. The van der Waals surface area contributed by atoms with Crippen LogP contribution in [0, 0.1) is 11.3 Å². The molecule has 0 saturated carbocycles. The van der Waals surface area contributed by atoms with Crippen molar-refractivity contribution in [1.29, 1.82) is 0 Å². The van der Waals surface area contributed by atoms with Crippen LogP contribution in [0.1, 0.15) is 19.4 Å². The van der Waals surface area contributed by atoms with E-state index in [9.17, 15) is 9.90 Å². The standard InChI is InChI=1S/C16H20O4/c1-4-15(3)11-20-16(18,12-9-7-6-8-10-12)13(15)14(17)19-5-2/h4,6-10,13,18H,1,5,11H2,2-3H3/t13?,15-,16?/m1/s1. The largest absolute Gasteiger partial charge is 0.466 e. The number of carbonyl (C=O) groups excluding carboxylic acids is 1. The molecule has 2 rings (SSSR count). The monoisotopic (exact) mass is 276 g/mol. The molecule has 3 atom stereocenters. The zero-order chi connectivity index (χ0) is 14.8. The lowest BCUT2D eigenvalue weighted by molar-refractivity contribution is -0.214. The van der Waals surface area contributed by atoms with Gasteiger partial charge in [-0.15, -0.1) is 6.58 Å². The van der Waals surface area contributed by atoms with Crippen LogP contribution < -0.4 is 0 Å². The molecule has 1 aromatic rings. The van der Waals surface area contributed by atoms with Crippen LogP contribution in [0.5, 0.6) is 0 Å². The van der Waals surface area contributed by atoms with Crippen LogP contribution in [-0.2, 0) is 20.1 Å². The van der Waals surface area contributed by atoms with Gasteiger partial charge in [0.05, 0.1) is 13.2 Å². The van der Waals surface area contributed by atoms with E-state index in [0.29, 0.717) is 5.56 Å². The number of ether oxygens (including phenoxy) is 2. The van der Waals surface area contributed by atoms with E-state index in [-0.39, 0.29) is 13.2 Å². The van der Waals surface area contributed by atoms with Gasteiger partial charge in [-0.25, -0.2) is 0 Å². The van der Waals surface area contributed by atoms with Crippen molar-refractivity contribution in [3.8, 4) is 0 Å². The molecule has 1 heterocycles. The molecule has 0 amide bonds. The molecular formula is C16H20O4. The summed E-state index contributed by atoms with van der Waals surface area (Å²) in [7, 11) is 0. The Morgan fingerprint density at radius 2 is 2.20 bits per heavy atom. The molecule has 1 aromatic carbocycles. The second kappa shape index (κ2) is 5.38. The molecule has 1 aliphatic rings. The normalized spacial score (nSPS) is 32.9. The molecule has 1 fully saturated rings. The van der Waals surface area contributed by atoms with Gasteiger partial charge in [-0.3, -0.25) is 4.79 Å². The first-order valence-corrected chi connectivity index (χ1v) is 6.70. The lowest BCUT2D eigenvalue weighted by Crippen LogP contribution is -2.43. The van der Waals surface area contributed by atoms with Crippen molar-refractivity contribution in [3.05, 3.63) is 48.6 Å². The Balaban J connectivity index is 2.47. The fourth-order valence-electron chi connectivity index (χ4n) is 2.64. The van der Waals surface area contributed by atoms with Gasteiger partial charge < -0.3 is 14.6 Å². The smallest absolute Gasteiger partial charge is 0.315 e. The number of hydrogen-bond donors (Lipinski definition) is 1. The molecule has 20 heavy (non-hydrogen) atoms. The van der Waals surface area contributed by atoms with Gasteiger partial charge in [-0.05, 0) is 6.92 Å². The predicted octanol–water partition coefficient (Wildman–Crippen LogP) is 2.23. The van der Waals surface area contributed by atoms with E-state index in [0.717, 1.165) is 0 Å². The number of carbonyl (C=O) groups is 1. The third-order valence-electron chi connectivity index (χ3n) is 3.83. The van der Waals surface area contributed by atoms with E-state index < -0.39 is 23.1 Å². The summed E-state index contributed by atoms with van der Waals surface area (Å²) >= 11 is 0. The maximum Gasteiger partial charge on any atom is 0.315 e. The van der Waals surface area contributed by atoms with E-state index in [1.54, 1.807) is 37.3 Å². The van der Waals surface area contributed by atoms with Crippen molar-refractivity contribution in [2.45, 2.75) is 19.6 Å². The highest BCUT2D eigenvalue weighted by Crippen LogP contribution is 2.50. The highest BCUT2D eigenvalue weighted by molar-refractivity contribution is 5.76. The average molecular weight is 276 g/mol. The Hall–Kier alpha value is -1.65. The van der Waals surface area contributed by atoms with E-state index in [1.807, 2.05) is 13.0 Å². The van der Waals surface area contributed by atoms with Crippen LogP contribution in [-0.4, -0.2) is 24.3 Å². The summed E-state index contributed by atoms with van der Waals surface area (Å²) in [4.78, 5) is 12.3. The summed E-state index contributed by atoms with van der Waals surface area (Å²) in [5.41, 5.74) is -0.125. The van der Waals surface area contributed by atoms with Crippen molar-refractivity contribution < 1.29 is 19.4 Å². The molecule has 0 bridgehead atoms. The maximum absolute atomic E-state index is 12.3. The van der Waals surface area contributed by atoms with Gasteiger partial charge in [0.25, 0.3) is 0 Å². The quantitative estimate of drug-likeness (QED) is 0.677. The maximum atomic E-state index is 12.3. The van der Waals surface area contributed by atoms with Crippen LogP contribution >= 0.6 is 0 Å². The van der Waals surface area contributed by atoms with Gasteiger partial charge in [0.15, 0.2) is 0 Å². The summed E-state index contributed by atoms with van der Waals surface area (Å²) in [6.07, 6.45) is 1.65. The second-order valence-corrected chi connectivity index (χ2v) is 5.25. The minimum Gasteiger partial charge on any atom is -0.466 e. The van der Waals surface area contributed by atoms with E-state index in [4.69, 9.17) is 9.47 Å². The first-order valence-electron chi connectivity index (χ1n) is 6.70. The first kappa shape index (κ1) is 14.8. The molecule has 4 nitrogen and oxygen atoms in total. The molecular weight excluding hydrogens is 256 g/mol. The highest BCUT2D eigenvalue weighted by atomic mass is 16.6.